The molecule has 0 aromatic heterocycles. The van der Waals surface area contributed by atoms with Crippen molar-refractivity contribution in [2.24, 2.45) is 11.3 Å². The van der Waals surface area contributed by atoms with E-state index in [0.29, 0.717) is 5.78 Å². The third-order valence-electron chi connectivity index (χ3n) is 4.68. The Morgan fingerprint density at radius 2 is 1.58 bits per heavy atom. The van der Waals surface area contributed by atoms with Crippen LogP contribution in [0.3, 0.4) is 0 Å². The molecule has 0 saturated heterocycles. The third-order valence-corrected chi connectivity index (χ3v) is 4.68. The summed E-state index contributed by atoms with van der Waals surface area (Å²) in [6, 6.07) is 0. The Morgan fingerprint density at radius 1 is 0.947 bits per heavy atom. The van der Waals surface area contributed by atoms with E-state index in [1.54, 1.807) is 0 Å². The number of ketones is 1. The van der Waals surface area contributed by atoms with Crippen LogP contribution in [0.1, 0.15) is 86.0 Å². The zero-order chi connectivity index (χ0) is 14.5. The van der Waals surface area contributed by atoms with Crippen LogP contribution in [0.25, 0.3) is 0 Å². The molecule has 1 nitrogen and oxygen atoms in total. The lowest BCUT2D eigenvalue weighted by Gasteiger charge is -2.27. The monoisotopic (exact) mass is 264 g/mol. The first kappa shape index (κ1) is 16.5. The van der Waals surface area contributed by atoms with Gasteiger partial charge >= 0.3 is 0 Å². The van der Waals surface area contributed by atoms with Crippen molar-refractivity contribution < 1.29 is 4.79 Å². The molecule has 0 saturated carbocycles. The normalized spacial score (nSPS) is 27.4. The Labute approximate surface area is 119 Å². The van der Waals surface area contributed by atoms with Gasteiger partial charge in [0.15, 0.2) is 0 Å². The van der Waals surface area contributed by atoms with Crippen molar-refractivity contribution in [2.75, 3.05) is 0 Å². The maximum atomic E-state index is 12.9. The van der Waals surface area contributed by atoms with Crippen molar-refractivity contribution in [1.29, 1.82) is 0 Å². The molecule has 110 valence electrons. The molecule has 0 aromatic rings. The van der Waals surface area contributed by atoms with Crippen LogP contribution in [-0.4, -0.2) is 5.78 Å². The van der Waals surface area contributed by atoms with Crippen LogP contribution in [0.4, 0.5) is 0 Å². The average molecular weight is 264 g/mol. The van der Waals surface area contributed by atoms with E-state index in [1.807, 2.05) is 0 Å². The van der Waals surface area contributed by atoms with Gasteiger partial charge in [0.2, 0.25) is 0 Å². The lowest BCUT2D eigenvalue weighted by Crippen LogP contribution is -2.29. The summed E-state index contributed by atoms with van der Waals surface area (Å²) in [5.41, 5.74) is 2.89. The average Bonchev–Trinajstić information content (AvgIpc) is 2.56. The van der Waals surface area contributed by atoms with Crippen molar-refractivity contribution in [3.8, 4) is 0 Å². The summed E-state index contributed by atoms with van der Waals surface area (Å²) in [5, 5.41) is 0. The molecule has 0 heterocycles. The molecule has 0 radical (unpaired) electrons. The first-order valence-electron chi connectivity index (χ1n) is 8.33. The number of allylic oxidation sites excluding steroid dienone is 2. The summed E-state index contributed by atoms with van der Waals surface area (Å²) in [6.45, 7) is 11.1. The van der Waals surface area contributed by atoms with Crippen molar-refractivity contribution in [3.63, 3.8) is 0 Å². The number of hydrogen-bond acceptors (Lipinski definition) is 1. The second-order valence-electron chi connectivity index (χ2n) is 6.29. The molecule has 1 aliphatic carbocycles. The van der Waals surface area contributed by atoms with Gasteiger partial charge in [-0.05, 0) is 32.6 Å². The van der Waals surface area contributed by atoms with Crippen LogP contribution >= 0.6 is 0 Å². The minimum Gasteiger partial charge on any atom is -0.298 e. The van der Waals surface area contributed by atoms with Crippen LogP contribution in [0.2, 0.25) is 0 Å². The first-order valence-corrected chi connectivity index (χ1v) is 8.33. The molecule has 1 rings (SSSR count). The zero-order valence-electron chi connectivity index (χ0n) is 13.6. The van der Waals surface area contributed by atoms with E-state index in [0.717, 1.165) is 51.4 Å². The van der Waals surface area contributed by atoms with Gasteiger partial charge in [0, 0.05) is 11.3 Å². The van der Waals surface area contributed by atoms with Gasteiger partial charge in [0.05, 0.1) is 0 Å². The molecule has 2 atom stereocenters. The van der Waals surface area contributed by atoms with Gasteiger partial charge in [-0.3, -0.25) is 4.79 Å². The van der Waals surface area contributed by atoms with Crippen molar-refractivity contribution >= 4 is 5.78 Å². The molecule has 0 spiro atoms. The van der Waals surface area contributed by atoms with Crippen molar-refractivity contribution in [2.45, 2.75) is 86.0 Å². The molecule has 0 bridgehead atoms. The summed E-state index contributed by atoms with van der Waals surface area (Å²) in [7, 11) is 0. The van der Waals surface area contributed by atoms with Crippen LogP contribution in [0.5, 0.6) is 0 Å². The molecular weight excluding hydrogens is 232 g/mol. The number of hydrogen-bond donors (Lipinski definition) is 0. The van der Waals surface area contributed by atoms with Gasteiger partial charge in [-0.2, -0.15) is 0 Å². The predicted molar refractivity (Wildman–Crippen MR) is 83.3 cm³/mol. The van der Waals surface area contributed by atoms with Crippen molar-refractivity contribution in [1.82, 2.24) is 0 Å². The number of Topliss-reactive ketones (excluding diaryl/α,β-unsaturated/α-hetero) is 1. The molecular formula is C18H32O. The van der Waals surface area contributed by atoms with Gasteiger partial charge in [0.25, 0.3) is 0 Å². The SMILES string of the molecule is CCCC1=C(CCC)[C@](C)(CCC)C(=O)[C@@H]1CCC. The van der Waals surface area contributed by atoms with E-state index >= 15 is 0 Å². The highest BCUT2D eigenvalue weighted by molar-refractivity contribution is 5.95. The van der Waals surface area contributed by atoms with E-state index in [-0.39, 0.29) is 11.3 Å². The molecule has 0 aromatic carbocycles. The minimum atomic E-state index is -0.144. The Morgan fingerprint density at radius 3 is 2.05 bits per heavy atom. The molecule has 1 heteroatoms. The summed E-state index contributed by atoms with van der Waals surface area (Å²) in [5.74, 6) is 0.770. The van der Waals surface area contributed by atoms with Gasteiger partial charge < -0.3 is 0 Å². The Kier molecular flexibility index (Phi) is 6.29. The Hall–Kier alpha value is -0.590. The molecule has 1 aliphatic rings. The summed E-state index contributed by atoms with van der Waals surface area (Å²) in [6.07, 6.45) is 8.89. The summed E-state index contributed by atoms with van der Waals surface area (Å²) < 4.78 is 0. The highest BCUT2D eigenvalue weighted by atomic mass is 16.1. The van der Waals surface area contributed by atoms with Gasteiger partial charge in [-0.15, -0.1) is 0 Å². The molecule has 0 fully saturated rings. The zero-order valence-corrected chi connectivity index (χ0v) is 13.6. The van der Waals surface area contributed by atoms with Crippen molar-refractivity contribution in [3.05, 3.63) is 11.1 Å². The standard InChI is InChI=1S/C18H32O/c1-6-10-14-15(11-7-2)17(19)18(5,13-9-4)16(14)12-8-3/h15H,6-13H2,1-5H3/t15-,18+/m1/s1. The Balaban J connectivity index is 3.20. The highest BCUT2D eigenvalue weighted by Gasteiger charge is 2.47. The maximum absolute atomic E-state index is 12.9. The molecule has 0 N–H and O–H groups in total. The number of rotatable bonds is 8. The third kappa shape index (κ3) is 3.12. The van der Waals surface area contributed by atoms with Crippen LogP contribution in [0.15, 0.2) is 11.1 Å². The van der Waals surface area contributed by atoms with Crippen LogP contribution < -0.4 is 0 Å². The van der Waals surface area contributed by atoms with Gasteiger partial charge in [-0.1, -0.05) is 64.5 Å². The topological polar surface area (TPSA) is 17.1 Å². The lowest BCUT2D eigenvalue weighted by atomic mass is 9.75. The van der Waals surface area contributed by atoms with E-state index in [1.165, 1.54) is 11.1 Å². The largest absolute Gasteiger partial charge is 0.298 e. The van der Waals surface area contributed by atoms with E-state index in [4.69, 9.17) is 0 Å². The van der Waals surface area contributed by atoms with Gasteiger partial charge in [-0.25, -0.2) is 0 Å². The van der Waals surface area contributed by atoms with Gasteiger partial charge in [0.1, 0.15) is 5.78 Å². The first-order chi connectivity index (χ1) is 9.06. The van der Waals surface area contributed by atoms with E-state index in [9.17, 15) is 4.79 Å². The molecule has 0 amide bonds. The smallest absolute Gasteiger partial charge is 0.149 e. The highest BCUT2D eigenvalue weighted by Crippen LogP contribution is 2.50. The predicted octanol–water partition coefficient (Wildman–Crippen LogP) is 5.69. The Bertz CT molecular complexity index is 340. The fourth-order valence-electron chi connectivity index (χ4n) is 3.91. The lowest BCUT2D eigenvalue weighted by molar-refractivity contribution is -0.128. The fourth-order valence-corrected chi connectivity index (χ4v) is 3.91. The van der Waals surface area contributed by atoms with Crippen LogP contribution in [-0.2, 0) is 4.79 Å². The summed E-state index contributed by atoms with van der Waals surface area (Å²) >= 11 is 0. The fraction of sp³-hybridized carbons (Fsp3) is 0.833. The van der Waals surface area contributed by atoms with Crippen LogP contribution in [0, 0.1) is 11.3 Å². The molecule has 19 heavy (non-hydrogen) atoms. The summed E-state index contributed by atoms with van der Waals surface area (Å²) in [4.78, 5) is 12.9. The molecule has 0 unspecified atom stereocenters. The minimum absolute atomic E-state index is 0.144. The quantitative estimate of drug-likeness (QED) is 0.515. The second-order valence-corrected chi connectivity index (χ2v) is 6.29. The van der Waals surface area contributed by atoms with E-state index < -0.39 is 0 Å². The number of carbonyl (C=O) groups is 1. The van der Waals surface area contributed by atoms with E-state index in [2.05, 4.69) is 34.6 Å². The molecule has 0 aliphatic heterocycles. The number of carbonyl (C=O) groups excluding carboxylic acids is 1. The maximum Gasteiger partial charge on any atom is 0.149 e. The second kappa shape index (κ2) is 7.26.